The highest BCUT2D eigenvalue weighted by Gasteiger charge is 2.37. The summed E-state index contributed by atoms with van der Waals surface area (Å²) in [6, 6.07) is 5.24. The number of amides is 1. The highest BCUT2D eigenvalue weighted by atomic mass is 16.5. The fourth-order valence-electron chi connectivity index (χ4n) is 2.56. The summed E-state index contributed by atoms with van der Waals surface area (Å²) in [6.45, 7) is 2.12. The van der Waals surface area contributed by atoms with E-state index in [1.807, 2.05) is 19.1 Å². The molecule has 0 radical (unpaired) electrons. The van der Waals surface area contributed by atoms with Crippen LogP contribution < -0.4 is 9.47 Å². The molecule has 0 unspecified atom stereocenters. The van der Waals surface area contributed by atoms with E-state index in [1.54, 1.807) is 25.2 Å². The molecule has 1 aromatic carbocycles. The standard InChI is InChI=1S/C15H19NO5/c1-9(16-8-11(15(18)19)7-14(16)17)10-4-5-12(20-2)13(6-10)21-3/h4-6,9,11H,7-8H2,1-3H3,(H,18,19)/t9-,11-/m1/s1. The lowest BCUT2D eigenvalue weighted by atomic mass is 10.1. The molecule has 1 aliphatic heterocycles. The zero-order valence-electron chi connectivity index (χ0n) is 12.3. The van der Waals surface area contributed by atoms with Gasteiger partial charge < -0.3 is 19.5 Å². The minimum absolute atomic E-state index is 0.0625. The van der Waals surface area contributed by atoms with Crippen molar-refractivity contribution in [2.75, 3.05) is 20.8 Å². The fraction of sp³-hybridized carbons (Fsp3) is 0.467. The van der Waals surface area contributed by atoms with Crippen LogP contribution in [0.5, 0.6) is 11.5 Å². The molecular formula is C15H19NO5. The molecule has 114 valence electrons. The van der Waals surface area contributed by atoms with E-state index in [2.05, 4.69) is 0 Å². The first kappa shape index (κ1) is 15.2. The van der Waals surface area contributed by atoms with Gasteiger partial charge in [0.15, 0.2) is 11.5 Å². The third-order valence-corrected chi connectivity index (χ3v) is 3.87. The van der Waals surface area contributed by atoms with Gasteiger partial charge in [0.05, 0.1) is 26.2 Å². The van der Waals surface area contributed by atoms with E-state index in [0.717, 1.165) is 5.56 Å². The molecule has 1 N–H and O–H groups in total. The largest absolute Gasteiger partial charge is 0.493 e. The molecule has 1 aliphatic rings. The number of hydrogen-bond acceptors (Lipinski definition) is 4. The summed E-state index contributed by atoms with van der Waals surface area (Å²) in [5, 5.41) is 9.04. The maximum atomic E-state index is 12.0. The molecule has 1 heterocycles. The van der Waals surface area contributed by atoms with Crippen molar-refractivity contribution in [3.8, 4) is 11.5 Å². The summed E-state index contributed by atoms with van der Waals surface area (Å²) in [4.78, 5) is 24.6. The Labute approximate surface area is 123 Å². The van der Waals surface area contributed by atoms with E-state index in [1.165, 1.54) is 0 Å². The van der Waals surface area contributed by atoms with Crippen LogP contribution in [0.4, 0.5) is 0 Å². The molecule has 0 aromatic heterocycles. The summed E-state index contributed by atoms with van der Waals surface area (Å²) in [7, 11) is 3.11. The third-order valence-electron chi connectivity index (χ3n) is 3.87. The highest BCUT2D eigenvalue weighted by Crippen LogP contribution is 2.34. The van der Waals surface area contributed by atoms with Gasteiger partial charge >= 0.3 is 5.97 Å². The molecule has 0 bridgehead atoms. The molecule has 1 saturated heterocycles. The predicted octanol–water partition coefficient (Wildman–Crippen LogP) is 1.70. The van der Waals surface area contributed by atoms with Crippen LogP contribution in [0.2, 0.25) is 0 Å². The Morgan fingerprint density at radius 2 is 2.00 bits per heavy atom. The smallest absolute Gasteiger partial charge is 0.308 e. The number of carboxylic acid groups (broad SMARTS) is 1. The maximum Gasteiger partial charge on any atom is 0.308 e. The number of hydrogen-bond donors (Lipinski definition) is 1. The van der Waals surface area contributed by atoms with Crippen molar-refractivity contribution in [1.82, 2.24) is 4.90 Å². The van der Waals surface area contributed by atoms with Crippen LogP contribution in [0.3, 0.4) is 0 Å². The SMILES string of the molecule is COc1ccc([C@@H](C)N2C[C@H](C(=O)O)CC2=O)cc1OC. The number of ether oxygens (including phenoxy) is 2. The van der Waals surface area contributed by atoms with Gasteiger partial charge in [-0.15, -0.1) is 0 Å². The van der Waals surface area contributed by atoms with Crippen LogP contribution in [0.15, 0.2) is 18.2 Å². The van der Waals surface area contributed by atoms with Gasteiger partial charge in [-0.05, 0) is 24.6 Å². The van der Waals surface area contributed by atoms with E-state index in [9.17, 15) is 9.59 Å². The van der Waals surface area contributed by atoms with Crippen LogP contribution >= 0.6 is 0 Å². The average Bonchev–Trinajstić information content (AvgIpc) is 2.88. The zero-order valence-corrected chi connectivity index (χ0v) is 12.3. The number of nitrogens with zero attached hydrogens (tertiary/aromatic N) is 1. The normalized spacial score (nSPS) is 19.5. The first-order chi connectivity index (χ1) is 9.97. The summed E-state index contributed by atoms with van der Waals surface area (Å²) < 4.78 is 10.4. The average molecular weight is 293 g/mol. The minimum atomic E-state index is -0.926. The lowest BCUT2D eigenvalue weighted by molar-refractivity contribution is -0.141. The van der Waals surface area contributed by atoms with Crippen molar-refractivity contribution in [1.29, 1.82) is 0 Å². The van der Waals surface area contributed by atoms with Crippen LogP contribution in [-0.2, 0) is 9.59 Å². The first-order valence-corrected chi connectivity index (χ1v) is 6.72. The Morgan fingerprint density at radius 3 is 2.52 bits per heavy atom. The Hall–Kier alpha value is -2.24. The van der Waals surface area contributed by atoms with Gasteiger partial charge in [-0.25, -0.2) is 0 Å². The van der Waals surface area contributed by atoms with Crippen molar-refractivity contribution < 1.29 is 24.2 Å². The number of rotatable bonds is 5. The van der Waals surface area contributed by atoms with Crippen LogP contribution in [0.1, 0.15) is 24.9 Å². The number of benzene rings is 1. The lowest BCUT2D eigenvalue weighted by Gasteiger charge is -2.25. The van der Waals surface area contributed by atoms with Crippen LogP contribution in [-0.4, -0.2) is 42.6 Å². The summed E-state index contributed by atoms with van der Waals surface area (Å²) in [6.07, 6.45) is 0.0625. The van der Waals surface area contributed by atoms with Crippen molar-refractivity contribution in [2.24, 2.45) is 5.92 Å². The molecule has 1 aromatic rings. The van der Waals surface area contributed by atoms with Crippen molar-refractivity contribution >= 4 is 11.9 Å². The van der Waals surface area contributed by atoms with E-state index in [0.29, 0.717) is 11.5 Å². The fourth-order valence-corrected chi connectivity index (χ4v) is 2.56. The van der Waals surface area contributed by atoms with Crippen molar-refractivity contribution in [2.45, 2.75) is 19.4 Å². The molecular weight excluding hydrogens is 274 g/mol. The summed E-state index contributed by atoms with van der Waals surface area (Å²) in [5.74, 6) is -0.483. The number of carbonyl (C=O) groups excluding carboxylic acids is 1. The van der Waals surface area contributed by atoms with Gasteiger partial charge in [0.1, 0.15) is 0 Å². The summed E-state index contributed by atoms with van der Waals surface area (Å²) in [5.41, 5.74) is 0.882. The molecule has 6 heteroatoms. The van der Waals surface area contributed by atoms with E-state index in [-0.39, 0.29) is 24.9 Å². The number of likely N-dealkylation sites (tertiary alicyclic amines) is 1. The molecule has 1 fully saturated rings. The van der Waals surface area contributed by atoms with Crippen molar-refractivity contribution in [3.63, 3.8) is 0 Å². The monoisotopic (exact) mass is 293 g/mol. The number of carboxylic acids is 1. The molecule has 2 atom stereocenters. The van der Waals surface area contributed by atoms with Gasteiger partial charge in [0.25, 0.3) is 0 Å². The number of methoxy groups -OCH3 is 2. The van der Waals surface area contributed by atoms with E-state index in [4.69, 9.17) is 14.6 Å². The second-order valence-corrected chi connectivity index (χ2v) is 5.08. The highest BCUT2D eigenvalue weighted by molar-refractivity contribution is 5.86. The molecule has 1 amide bonds. The zero-order chi connectivity index (χ0) is 15.6. The number of carbonyl (C=O) groups is 2. The maximum absolute atomic E-state index is 12.0. The molecule has 0 spiro atoms. The van der Waals surface area contributed by atoms with Crippen LogP contribution in [0.25, 0.3) is 0 Å². The molecule has 6 nitrogen and oxygen atoms in total. The predicted molar refractivity (Wildman–Crippen MR) is 75.4 cm³/mol. The van der Waals surface area contributed by atoms with Gasteiger partial charge in [-0.2, -0.15) is 0 Å². The topological polar surface area (TPSA) is 76.1 Å². The number of aliphatic carboxylic acids is 1. The molecule has 0 aliphatic carbocycles. The Kier molecular flexibility index (Phi) is 4.35. The van der Waals surface area contributed by atoms with Crippen molar-refractivity contribution in [3.05, 3.63) is 23.8 Å². The Balaban J connectivity index is 2.22. The summed E-state index contributed by atoms with van der Waals surface area (Å²) >= 11 is 0. The van der Waals surface area contributed by atoms with E-state index >= 15 is 0 Å². The Bertz CT molecular complexity index is 557. The minimum Gasteiger partial charge on any atom is -0.493 e. The third kappa shape index (κ3) is 2.94. The first-order valence-electron chi connectivity index (χ1n) is 6.72. The van der Waals surface area contributed by atoms with Gasteiger partial charge in [-0.3, -0.25) is 9.59 Å². The quantitative estimate of drug-likeness (QED) is 0.894. The lowest BCUT2D eigenvalue weighted by Crippen LogP contribution is -2.29. The molecule has 2 rings (SSSR count). The Morgan fingerprint density at radius 1 is 1.33 bits per heavy atom. The molecule has 0 saturated carbocycles. The van der Waals surface area contributed by atoms with E-state index < -0.39 is 11.9 Å². The second-order valence-electron chi connectivity index (χ2n) is 5.08. The van der Waals surface area contributed by atoms with Crippen LogP contribution in [0, 0.1) is 5.92 Å². The molecule has 21 heavy (non-hydrogen) atoms. The van der Waals surface area contributed by atoms with Gasteiger partial charge in [-0.1, -0.05) is 6.07 Å². The van der Waals surface area contributed by atoms with Gasteiger partial charge in [0, 0.05) is 13.0 Å². The second kappa shape index (κ2) is 6.03. The van der Waals surface area contributed by atoms with Gasteiger partial charge in [0.2, 0.25) is 5.91 Å².